The minimum absolute atomic E-state index is 0.00384. The van der Waals surface area contributed by atoms with Crippen molar-refractivity contribution in [3.8, 4) is 17.2 Å². The number of hydrogen-bond donors (Lipinski definition) is 2. The molecule has 2 rings (SSSR count). The van der Waals surface area contributed by atoms with Crippen molar-refractivity contribution in [2.24, 2.45) is 5.73 Å². The van der Waals surface area contributed by atoms with E-state index >= 15 is 0 Å². The van der Waals surface area contributed by atoms with Crippen LogP contribution in [-0.4, -0.2) is 27.3 Å². The largest absolute Gasteiger partial charge is 0.397 e. The van der Waals surface area contributed by atoms with Crippen molar-refractivity contribution in [1.82, 2.24) is 9.78 Å². The van der Waals surface area contributed by atoms with E-state index in [2.05, 4.69) is 5.10 Å². The lowest BCUT2D eigenvalue weighted by Crippen LogP contribution is -2.08. The Morgan fingerprint density at radius 1 is 1.50 bits per heavy atom. The molecule has 0 bridgehead atoms. The van der Waals surface area contributed by atoms with E-state index in [0.717, 1.165) is 16.7 Å². The van der Waals surface area contributed by atoms with Crippen LogP contribution in [0.5, 0.6) is 0 Å². The SMILES string of the molecule is CC(=O)/C(C#N)=C(/N)c1cc(Cl)c(-c2cnn(CCO)c2)cc1C. The molecule has 7 heteroatoms. The van der Waals surface area contributed by atoms with Crippen LogP contribution in [0.25, 0.3) is 16.8 Å². The summed E-state index contributed by atoms with van der Waals surface area (Å²) in [6.45, 7) is 3.52. The molecule has 0 unspecified atom stereocenters. The van der Waals surface area contributed by atoms with Crippen LogP contribution in [-0.2, 0) is 11.3 Å². The van der Waals surface area contributed by atoms with Gasteiger partial charge in [0.05, 0.1) is 25.0 Å². The van der Waals surface area contributed by atoms with Crippen LogP contribution in [0, 0.1) is 18.3 Å². The number of rotatable bonds is 5. The van der Waals surface area contributed by atoms with Crippen molar-refractivity contribution < 1.29 is 9.90 Å². The molecule has 3 N–H and O–H groups in total. The topological polar surface area (TPSA) is 105 Å². The Labute approximate surface area is 144 Å². The van der Waals surface area contributed by atoms with Crippen LogP contribution in [0.1, 0.15) is 18.1 Å². The van der Waals surface area contributed by atoms with Crippen LogP contribution in [0.3, 0.4) is 0 Å². The Kier molecular flexibility index (Phi) is 5.39. The van der Waals surface area contributed by atoms with Gasteiger partial charge in [-0.2, -0.15) is 10.4 Å². The molecule has 0 fully saturated rings. The third-order valence-electron chi connectivity index (χ3n) is 3.61. The summed E-state index contributed by atoms with van der Waals surface area (Å²) >= 11 is 6.36. The quantitative estimate of drug-likeness (QED) is 0.639. The van der Waals surface area contributed by atoms with E-state index in [1.807, 2.05) is 19.1 Å². The first-order valence-electron chi connectivity index (χ1n) is 7.24. The monoisotopic (exact) mass is 344 g/mol. The molecule has 0 aliphatic carbocycles. The smallest absolute Gasteiger partial charge is 0.172 e. The molecule has 1 aromatic heterocycles. The molecule has 24 heavy (non-hydrogen) atoms. The molecule has 0 amide bonds. The number of allylic oxidation sites excluding steroid dienone is 1. The van der Waals surface area contributed by atoms with E-state index < -0.39 is 0 Å². The summed E-state index contributed by atoms with van der Waals surface area (Å²) in [7, 11) is 0. The van der Waals surface area contributed by atoms with E-state index in [-0.39, 0.29) is 23.7 Å². The maximum absolute atomic E-state index is 11.5. The number of nitrogens with zero attached hydrogens (tertiary/aromatic N) is 3. The van der Waals surface area contributed by atoms with E-state index in [9.17, 15) is 4.79 Å². The highest BCUT2D eigenvalue weighted by Gasteiger charge is 2.15. The van der Waals surface area contributed by atoms with Gasteiger partial charge in [0.1, 0.15) is 11.6 Å². The summed E-state index contributed by atoms with van der Waals surface area (Å²) in [5.41, 5.74) is 8.92. The number of ketones is 1. The zero-order chi connectivity index (χ0) is 17.9. The third kappa shape index (κ3) is 3.48. The molecule has 0 radical (unpaired) electrons. The van der Waals surface area contributed by atoms with E-state index in [1.165, 1.54) is 6.92 Å². The highest BCUT2D eigenvalue weighted by molar-refractivity contribution is 6.33. The van der Waals surface area contributed by atoms with Gasteiger partial charge < -0.3 is 10.8 Å². The standard InChI is InChI=1S/C17H17ClN4O2/c1-10-5-14(12-8-21-22(9-12)3-4-23)16(18)6-13(10)17(20)15(7-19)11(2)24/h5-6,8-9,23H,3-4,20H2,1-2H3/b17-15+. The Bertz CT molecular complexity index is 862. The number of nitriles is 1. The first kappa shape index (κ1) is 17.7. The van der Waals surface area contributed by atoms with Crippen LogP contribution in [0.15, 0.2) is 30.1 Å². The lowest BCUT2D eigenvalue weighted by molar-refractivity contribution is -0.113. The Morgan fingerprint density at radius 2 is 2.21 bits per heavy atom. The number of aryl methyl sites for hydroxylation is 1. The van der Waals surface area contributed by atoms with Crippen molar-refractivity contribution in [2.75, 3.05) is 6.61 Å². The van der Waals surface area contributed by atoms with Crippen LogP contribution < -0.4 is 5.73 Å². The number of aliphatic hydroxyl groups excluding tert-OH is 1. The van der Waals surface area contributed by atoms with Gasteiger partial charge in [0.2, 0.25) is 0 Å². The van der Waals surface area contributed by atoms with Crippen LogP contribution >= 0.6 is 11.6 Å². The summed E-state index contributed by atoms with van der Waals surface area (Å²) in [6.07, 6.45) is 3.44. The molecule has 6 nitrogen and oxygen atoms in total. The first-order chi connectivity index (χ1) is 11.4. The first-order valence-corrected chi connectivity index (χ1v) is 7.61. The predicted molar refractivity (Wildman–Crippen MR) is 91.9 cm³/mol. The highest BCUT2D eigenvalue weighted by atomic mass is 35.5. The lowest BCUT2D eigenvalue weighted by atomic mass is 9.97. The molecule has 1 aromatic carbocycles. The maximum atomic E-state index is 11.5. The minimum Gasteiger partial charge on any atom is -0.397 e. The summed E-state index contributed by atoms with van der Waals surface area (Å²) in [6, 6.07) is 5.31. The number of benzene rings is 1. The second kappa shape index (κ2) is 7.30. The minimum atomic E-state index is -0.389. The van der Waals surface area contributed by atoms with Crippen LogP contribution in [0.2, 0.25) is 5.02 Å². The second-order valence-corrected chi connectivity index (χ2v) is 5.73. The summed E-state index contributed by atoms with van der Waals surface area (Å²) < 4.78 is 1.62. The fourth-order valence-electron chi connectivity index (χ4n) is 2.38. The number of carbonyl (C=O) groups is 1. The fourth-order valence-corrected chi connectivity index (χ4v) is 2.66. The number of nitrogens with two attached hydrogens (primary N) is 1. The summed E-state index contributed by atoms with van der Waals surface area (Å²) in [5, 5.41) is 22.6. The number of Topliss-reactive ketones (excluding diaryl/α,β-unsaturated/α-hetero) is 1. The van der Waals surface area contributed by atoms with E-state index in [1.54, 1.807) is 23.1 Å². The lowest BCUT2D eigenvalue weighted by Gasteiger charge is -2.11. The normalized spacial score (nSPS) is 11.8. The molecule has 0 aliphatic rings. The Morgan fingerprint density at radius 3 is 2.79 bits per heavy atom. The highest BCUT2D eigenvalue weighted by Crippen LogP contribution is 2.32. The molecule has 124 valence electrons. The Balaban J connectivity index is 2.53. The second-order valence-electron chi connectivity index (χ2n) is 5.32. The van der Waals surface area contributed by atoms with Gasteiger partial charge in [-0.1, -0.05) is 11.6 Å². The molecule has 2 aromatic rings. The number of aromatic nitrogens is 2. The summed E-state index contributed by atoms with van der Waals surface area (Å²) in [5.74, 6) is -0.389. The van der Waals surface area contributed by atoms with Gasteiger partial charge in [-0.25, -0.2) is 0 Å². The number of halogens is 1. The Hall–Kier alpha value is -2.62. The van der Waals surface area contributed by atoms with Gasteiger partial charge in [0.25, 0.3) is 0 Å². The van der Waals surface area contributed by atoms with Gasteiger partial charge in [-0.3, -0.25) is 9.48 Å². The number of carbonyl (C=O) groups excluding carboxylic acids is 1. The number of hydrogen-bond acceptors (Lipinski definition) is 5. The molecule has 0 saturated heterocycles. The van der Waals surface area contributed by atoms with Gasteiger partial charge in [-0.05, 0) is 31.5 Å². The molecule has 0 spiro atoms. The van der Waals surface area contributed by atoms with Gasteiger partial charge in [-0.15, -0.1) is 0 Å². The molecule has 0 atom stereocenters. The van der Waals surface area contributed by atoms with Gasteiger partial charge in [0, 0.05) is 27.9 Å². The molecular formula is C17H17ClN4O2. The van der Waals surface area contributed by atoms with Crippen molar-refractivity contribution in [3.05, 3.63) is 46.2 Å². The fraction of sp³-hybridized carbons (Fsp3) is 0.235. The molecule has 0 saturated carbocycles. The van der Waals surface area contributed by atoms with Crippen molar-refractivity contribution in [2.45, 2.75) is 20.4 Å². The zero-order valence-electron chi connectivity index (χ0n) is 13.4. The third-order valence-corrected chi connectivity index (χ3v) is 3.92. The average molecular weight is 345 g/mol. The van der Waals surface area contributed by atoms with Crippen molar-refractivity contribution >= 4 is 23.1 Å². The average Bonchev–Trinajstić information content (AvgIpc) is 2.98. The van der Waals surface area contributed by atoms with E-state index in [4.69, 9.17) is 27.7 Å². The molecular weight excluding hydrogens is 328 g/mol. The number of aliphatic hydroxyl groups is 1. The molecule has 1 heterocycles. The summed E-state index contributed by atoms with van der Waals surface area (Å²) in [4.78, 5) is 11.5. The predicted octanol–water partition coefficient (Wildman–Crippen LogP) is 2.29. The van der Waals surface area contributed by atoms with E-state index in [0.29, 0.717) is 17.1 Å². The van der Waals surface area contributed by atoms with Crippen LogP contribution in [0.4, 0.5) is 0 Å². The molecule has 0 aliphatic heterocycles. The van der Waals surface area contributed by atoms with Gasteiger partial charge >= 0.3 is 0 Å². The van der Waals surface area contributed by atoms with Crippen molar-refractivity contribution in [1.29, 1.82) is 5.26 Å². The van der Waals surface area contributed by atoms with Gasteiger partial charge in [0.15, 0.2) is 5.78 Å². The van der Waals surface area contributed by atoms with Crippen molar-refractivity contribution in [3.63, 3.8) is 0 Å². The zero-order valence-corrected chi connectivity index (χ0v) is 14.1. The maximum Gasteiger partial charge on any atom is 0.172 e.